The number of ketones is 1. The maximum absolute atomic E-state index is 13.1. The number of benzene rings is 2. The van der Waals surface area contributed by atoms with E-state index in [-0.39, 0.29) is 30.1 Å². The maximum atomic E-state index is 13.1. The Morgan fingerprint density at radius 3 is 2.61 bits per heavy atom. The van der Waals surface area contributed by atoms with Gasteiger partial charge in [-0.15, -0.1) is 0 Å². The summed E-state index contributed by atoms with van der Waals surface area (Å²) in [6.45, 7) is 1.93. The van der Waals surface area contributed by atoms with Crippen LogP contribution >= 0.6 is 0 Å². The van der Waals surface area contributed by atoms with Gasteiger partial charge in [0.15, 0.2) is 5.78 Å². The molecule has 146 valence electrons. The van der Waals surface area contributed by atoms with Crippen LogP contribution in [0.2, 0.25) is 0 Å². The van der Waals surface area contributed by atoms with Crippen molar-refractivity contribution in [2.75, 3.05) is 26.2 Å². The fourth-order valence-corrected chi connectivity index (χ4v) is 4.29. The average Bonchev–Trinajstić information content (AvgIpc) is 2.74. The first-order chi connectivity index (χ1) is 13.6. The Labute approximate surface area is 165 Å². The van der Waals surface area contributed by atoms with Gasteiger partial charge in [-0.25, -0.2) is 0 Å². The number of rotatable bonds is 4. The molecular formula is C23H26N2O3. The molecule has 5 heteroatoms. The van der Waals surface area contributed by atoms with Crippen LogP contribution in [0.1, 0.15) is 42.5 Å². The van der Waals surface area contributed by atoms with Crippen molar-refractivity contribution in [2.45, 2.75) is 32.1 Å². The molecule has 0 aromatic heterocycles. The van der Waals surface area contributed by atoms with E-state index in [1.165, 1.54) is 0 Å². The van der Waals surface area contributed by atoms with Crippen molar-refractivity contribution in [3.8, 4) is 0 Å². The molecule has 0 bridgehead atoms. The molecule has 0 radical (unpaired) electrons. The summed E-state index contributed by atoms with van der Waals surface area (Å²) in [5, 5.41) is 2.17. The van der Waals surface area contributed by atoms with Crippen molar-refractivity contribution in [1.82, 2.24) is 9.80 Å². The van der Waals surface area contributed by atoms with Gasteiger partial charge in [0, 0.05) is 37.5 Å². The van der Waals surface area contributed by atoms with Crippen LogP contribution in [0.3, 0.4) is 0 Å². The van der Waals surface area contributed by atoms with Gasteiger partial charge in [0.05, 0.1) is 6.54 Å². The zero-order valence-corrected chi connectivity index (χ0v) is 16.1. The number of carbonyl (C=O) groups is 3. The number of piperidine rings is 2. The minimum Gasteiger partial charge on any atom is -0.340 e. The van der Waals surface area contributed by atoms with E-state index in [1.54, 1.807) is 9.80 Å². The second-order valence-electron chi connectivity index (χ2n) is 7.88. The van der Waals surface area contributed by atoms with Crippen molar-refractivity contribution in [3.05, 3.63) is 48.0 Å². The van der Waals surface area contributed by atoms with Gasteiger partial charge in [0.25, 0.3) is 0 Å². The molecule has 2 amide bonds. The van der Waals surface area contributed by atoms with Gasteiger partial charge < -0.3 is 9.80 Å². The lowest BCUT2D eigenvalue weighted by atomic mass is 9.89. The molecule has 2 aromatic carbocycles. The van der Waals surface area contributed by atoms with E-state index in [0.29, 0.717) is 31.6 Å². The Morgan fingerprint density at radius 1 is 0.964 bits per heavy atom. The number of nitrogens with zero attached hydrogens (tertiary/aromatic N) is 2. The van der Waals surface area contributed by atoms with E-state index in [0.717, 1.165) is 36.5 Å². The van der Waals surface area contributed by atoms with Crippen LogP contribution in [0.5, 0.6) is 0 Å². The fraction of sp³-hybridized carbons (Fsp3) is 0.435. The first kappa shape index (κ1) is 18.7. The van der Waals surface area contributed by atoms with Gasteiger partial charge in [-0.2, -0.15) is 0 Å². The molecule has 1 unspecified atom stereocenters. The summed E-state index contributed by atoms with van der Waals surface area (Å²) in [6, 6.07) is 13.8. The molecule has 2 aliphatic heterocycles. The van der Waals surface area contributed by atoms with Gasteiger partial charge in [0.2, 0.25) is 11.8 Å². The van der Waals surface area contributed by atoms with Gasteiger partial charge in [-0.3, -0.25) is 14.4 Å². The molecule has 2 fully saturated rings. The molecule has 28 heavy (non-hydrogen) atoms. The number of amides is 2. The molecular weight excluding hydrogens is 352 g/mol. The molecule has 0 aliphatic carbocycles. The predicted octanol–water partition coefficient (Wildman–Crippen LogP) is 3.27. The predicted molar refractivity (Wildman–Crippen MR) is 108 cm³/mol. The number of likely N-dealkylation sites (tertiary alicyclic amines) is 2. The fourth-order valence-electron chi connectivity index (χ4n) is 4.29. The zero-order valence-electron chi connectivity index (χ0n) is 16.1. The summed E-state index contributed by atoms with van der Waals surface area (Å²) in [4.78, 5) is 41.2. The van der Waals surface area contributed by atoms with Crippen molar-refractivity contribution >= 4 is 28.4 Å². The van der Waals surface area contributed by atoms with Crippen LogP contribution in [0.25, 0.3) is 10.8 Å². The summed E-state index contributed by atoms with van der Waals surface area (Å²) in [7, 11) is 0. The molecule has 2 aliphatic rings. The molecule has 4 rings (SSSR count). The van der Waals surface area contributed by atoms with Crippen LogP contribution in [0.15, 0.2) is 42.5 Å². The Kier molecular flexibility index (Phi) is 5.42. The van der Waals surface area contributed by atoms with E-state index in [4.69, 9.17) is 0 Å². The molecule has 0 spiro atoms. The highest BCUT2D eigenvalue weighted by atomic mass is 16.2. The summed E-state index contributed by atoms with van der Waals surface area (Å²) in [5.74, 6) is -0.0279. The molecule has 0 saturated carbocycles. The standard InChI is InChI=1S/C23H26N2O3/c26-21-9-3-4-12-25(21)16-22(27)24-13-5-8-20(15-24)23(28)19-11-10-17-6-1-2-7-18(17)14-19/h1-2,6-7,10-11,14,20H,3-5,8-9,12-13,15-16H2. The topological polar surface area (TPSA) is 57.7 Å². The second-order valence-corrected chi connectivity index (χ2v) is 7.88. The van der Waals surface area contributed by atoms with Gasteiger partial charge in [0.1, 0.15) is 0 Å². The van der Waals surface area contributed by atoms with Gasteiger partial charge >= 0.3 is 0 Å². The van der Waals surface area contributed by atoms with Crippen molar-refractivity contribution in [1.29, 1.82) is 0 Å². The minimum atomic E-state index is -0.170. The largest absolute Gasteiger partial charge is 0.340 e. The average molecular weight is 378 g/mol. The van der Waals surface area contributed by atoms with E-state index in [9.17, 15) is 14.4 Å². The van der Waals surface area contributed by atoms with Crippen molar-refractivity contribution in [3.63, 3.8) is 0 Å². The normalized spacial score (nSPS) is 20.4. The lowest BCUT2D eigenvalue weighted by molar-refractivity contribution is -0.142. The van der Waals surface area contributed by atoms with Gasteiger partial charge in [-0.05, 0) is 42.5 Å². The third-order valence-electron chi connectivity index (χ3n) is 5.93. The molecule has 2 heterocycles. The van der Waals surface area contributed by atoms with Crippen LogP contribution < -0.4 is 0 Å². The van der Waals surface area contributed by atoms with E-state index >= 15 is 0 Å². The summed E-state index contributed by atoms with van der Waals surface area (Å²) in [5.41, 5.74) is 0.712. The third kappa shape index (κ3) is 3.93. The lowest BCUT2D eigenvalue weighted by Crippen LogP contribution is -2.48. The van der Waals surface area contributed by atoms with Crippen molar-refractivity contribution in [2.24, 2.45) is 5.92 Å². The molecule has 5 nitrogen and oxygen atoms in total. The summed E-state index contributed by atoms with van der Waals surface area (Å²) in [6.07, 6.45) is 4.04. The maximum Gasteiger partial charge on any atom is 0.242 e. The second kappa shape index (κ2) is 8.13. The highest BCUT2D eigenvalue weighted by Gasteiger charge is 2.30. The highest BCUT2D eigenvalue weighted by Crippen LogP contribution is 2.24. The first-order valence-corrected chi connectivity index (χ1v) is 10.2. The quantitative estimate of drug-likeness (QED) is 0.767. The van der Waals surface area contributed by atoms with E-state index < -0.39 is 0 Å². The number of hydrogen-bond donors (Lipinski definition) is 0. The first-order valence-electron chi connectivity index (χ1n) is 10.2. The van der Waals surface area contributed by atoms with E-state index in [1.807, 2.05) is 42.5 Å². The number of fused-ring (bicyclic) bond motifs is 1. The Morgan fingerprint density at radius 2 is 1.79 bits per heavy atom. The van der Waals surface area contributed by atoms with Crippen LogP contribution in [-0.2, 0) is 9.59 Å². The summed E-state index contributed by atoms with van der Waals surface area (Å²) >= 11 is 0. The third-order valence-corrected chi connectivity index (χ3v) is 5.93. The Bertz CT molecular complexity index is 908. The molecule has 1 atom stereocenters. The number of hydrogen-bond acceptors (Lipinski definition) is 3. The Balaban J connectivity index is 1.42. The van der Waals surface area contributed by atoms with Crippen molar-refractivity contribution < 1.29 is 14.4 Å². The SMILES string of the molecule is O=C(c1ccc2ccccc2c1)C1CCCN(C(=O)CN2CCCCC2=O)C1. The highest BCUT2D eigenvalue weighted by molar-refractivity contribution is 6.01. The molecule has 2 saturated heterocycles. The lowest BCUT2D eigenvalue weighted by Gasteiger charge is -2.34. The smallest absolute Gasteiger partial charge is 0.242 e. The van der Waals surface area contributed by atoms with Gasteiger partial charge in [-0.1, -0.05) is 36.4 Å². The van der Waals surface area contributed by atoms with Crippen LogP contribution in [0, 0.1) is 5.92 Å². The van der Waals surface area contributed by atoms with Crippen LogP contribution in [-0.4, -0.2) is 53.6 Å². The molecule has 0 N–H and O–H groups in total. The summed E-state index contributed by atoms with van der Waals surface area (Å²) < 4.78 is 0. The Hall–Kier alpha value is -2.69. The minimum absolute atomic E-state index is 0.0359. The van der Waals surface area contributed by atoms with Crippen LogP contribution in [0.4, 0.5) is 0 Å². The monoisotopic (exact) mass is 378 g/mol. The number of carbonyl (C=O) groups excluding carboxylic acids is 3. The van der Waals surface area contributed by atoms with E-state index in [2.05, 4.69) is 0 Å². The zero-order chi connectivity index (χ0) is 19.5. The molecule has 2 aromatic rings. The number of Topliss-reactive ketones (excluding diaryl/α,β-unsaturated/α-hetero) is 1.